The molecular weight excluding hydrogens is 384 g/mol. The predicted molar refractivity (Wildman–Crippen MR) is 129 cm³/mol. The Morgan fingerprint density at radius 1 is 1.13 bits per heavy atom. The second-order valence-corrected chi connectivity index (χ2v) is 11.9. The van der Waals surface area contributed by atoms with Crippen LogP contribution in [0, 0.1) is 22.2 Å². The Labute approximate surface area is 190 Å². The van der Waals surface area contributed by atoms with E-state index in [1.165, 1.54) is 38.5 Å². The summed E-state index contributed by atoms with van der Waals surface area (Å²) in [5.41, 5.74) is 4.07. The lowest BCUT2D eigenvalue weighted by Gasteiger charge is -2.56. The van der Waals surface area contributed by atoms with Gasteiger partial charge in [-0.3, -0.25) is 0 Å². The van der Waals surface area contributed by atoms with Crippen LogP contribution in [0.4, 0.5) is 0 Å². The van der Waals surface area contributed by atoms with Crippen molar-refractivity contribution in [3.8, 4) is 0 Å². The van der Waals surface area contributed by atoms with Crippen molar-refractivity contribution in [1.82, 2.24) is 0 Å². The number of hydrogen-bond acceptors (Lipinski definition) is 3. The smallest absolute Gasteiger partial charge is 0.0809 e. The highest BCUT2D eigenvalue weighted by molar-refractivity contribution is 5.30. The van der Waals surface area contributed by atoms with Crippen LogP contribution in [0.5, 0.6) is 0 Å². The summed E-state index contributed by atoms with van der Waals surface area (Å²) >= 11 is 0. The second-order valence-electron chi connectivity index (χ2n) is 11.9. The van der Waals surface area contributed by atoms with Gasteiger partial charge in [-0.2, -0.15) is 0 Å². The maximum Gasteiger partial charge on any atom is 0.0809 e. The summed E-state index contributed by atoms with van der Waals surface area (Å²) in [4.78, 5) is 0. The third-order valence-corrected chi connectivity index (χ3v) is 9.79. The Morgan fingerprint density at radius 3 is 2.39 bits per heavy atom. The number of hydrogen-bond donors (Lipinski definition) is 3. The maximum absolute atomic E-state index is 10.2. The van der Waals surface area contributed by atoms with Gasteiger partial charge in [0.15, 0.2) is 0 Å². The van der Waals surface area contributed by atoms with E-state index in [4.69, 9.17) is 0 Å². The Bertz CT molecular complexity index is 715. The third kappa shape index (κ3) is 4.61. The zero-order valence-electron chi connectivity index (χ0n) is 20.6. The van der Waals surface area contributed by atoms with E-state index >= 15 is 0 Å². The Kier molecular flexibility index (Phi) is 7.30. The Morgan fingerprint density at radius 2 is 1.77 bits per heavy atom. The molecule has 3 N–H and O–H groups in total. The molecule has 0 saturated heterocycles. The molecule has 0 amide bonds. The number of aliphatic hydroxyl groups excluding tert-OH is 3. The van der Waals surface area contributed by atoms with Crippen molar-refractivity contribution in [3.63, 3.8) is 0 Å². The second kappa shape index (κ2) is 9.15. The van der Waals surface area contributed by atoms with Crippen molar-refractivity contribution in [3.05, 3.63) is 35.5 Å². The zero-order chi connectivity index (χ0) is 23.0. The maximum atomic E-state index is 10.2. The van der Waals surface area contributed by atoms with Crippen LogP contribution in [-0.4, -0.2) is 33.6 Å². The van der Waals surface area contributed by atoms with Crippen LogP contribution in [-0.2, 0) is 0 Å². The molecule has 3 nitrogen and oxygen atoms in total. The first-order chi connectivity index (χ1) is 14.4. The van der Waals surface area contributed by atoms with Gasteiger partial charge in [0.05, 0.1) is 18.3 Å². The SMILES string of the molecule is C=C1[C@H](O)CC(=C/C=C2\CCC[C@@]3(C)C2CC[C@]3(C)C(C)(C)CCC[C@@H](C)O)C[C@H]1O. The fourth-order valence-corrected chi connectivity index (χ4v) is 7.15. The van der Waals surface area contributed by atoms with Gasteiger partial charge in [0.2, 0.25) is 0 Å². The molecule has 6 atom stereocenters. The van der Waals surface area contributed by atoms with Crippen LogP contribution < -0.4 is 0 Å². The van der Waals surface area contributed by atoms with Gasteiger partial charge in [0.1, 0.15) is 0 Å². The number of allylic oxidation sites excluding steroid dienone is 3. The molecule has 0 aromatic heterocycles. The average molecular weight is 431 g/mol. The largest absolute Gasteiger partial charge is 0.393 e. The average Bonchev–Trinajstić information content (AvgIpc) is 2.97. The topological polar surface area (TPSA) is 60.7 Å². The number of aliphatic hydroxyl groups is 3. The molecule has 0 heterocycles. The molecule has 0 aromatic rings. The summed E-state index contributed by atoms with van der Waals surface area (Å²) in [6.07, 6.45) is 13.6. The van der Waals surface area contributed by atoms with Gasteiger partial charge in [-0.15, -0.1) is 0 Å². The monoisotopic (exact) mass is 430 g/mol. The molecule has 3 rings (SSSR count). The summed E-state index contributed by atoms with van der Waals surface area (Å²) < 4.78 is 0. The number of fused-ring (bicyclic) bond motifs is 1. The fraction of sp³-hybridized carbons (Fsp3) is 0.786. The minimum Gasteiger partial charge on any atom is -0.393 e. The third-order valence-electron chi connectivity index (χ3n) is 9.79. The lowest BCUT2D eigenvalue weighted by Crippen LogP contribution is -2.48. The molecule has 31 heavy (non-hydrogen) atoms. The first-order valence-corrected chi connectivity index (χ1v) is 12.5. The summed E-state index contributed by atoms with van der Waals surface area (Å²) in [6.45, 7) is 15.7. The highest BCUT2D eigenvalue weighted by Crippen LogP contribution is 2.69. The van der Waals surface area contributed by atoms with Crippen molar-refractivity contribution in [2.24, 2.45) is 22.2 Å². The van der Waals surface area contributed by atoms with Crippen molar-refractivity contribution in [2.45, 2.75) is 117 Å². The fourth-order valence-electron chi connectivity index (χ4n) is 7.15. The molecule has 0 aromatic carbocycles. The van der Waals surface area contributed by atoms with E-state index in [0.717, 1.165) is 18.4 Å². The Hall–Kier alpha value is -0.900. The standard InChI is InChI=1S/C28H46O3/c1-19(29)9-7-14-26(3,4)28(6)16-13-23-22(10-8-15-27(23,28)5)12-11-21-17-24(30)20(2)25(31)18-21/h11-12,19,23-25,29-31H,2,7-10,13-18H2,1,3-6H3/b22-12+/t19-,23?,24-,25-,27+,28-/m1/s1. The Balaban J connectivity index is 1.80. The quantitative estimate of drug-likeness (QED) is 0.447. The van der Waals surface area contributed by atoms with Gasteiger partial charge >= 0.3 is 0 Å². The van der Waals surface area contributed by atoms with Crippen LogP contribution in [0.1, 0.15) is 98.8 Å². The summed E-state index contributed by atoms with van der Waals surface area (Å²) in [7, 11) is 0. The minimum atomic E-state index is -0.623. The van der Waals surface area contributed by atoms with E-state index in [2.05, 4.69) is 46.4 Å². The normalized spacial score (nSPS) is 39.0. The van der Waals surface area contributed by atoms with E-state index in [9.17, 15) is 15.3 Å². The van der Waals surface area contributed by atoms with Gasteiger partial charge in [-0.1, -0.05) is 64.0 Å². The van der Waals surface area contributed by atoms with E-state index in [1.807, 2.05) is 6.92 Å². The molecule has 176 valence electrons. The van der Waals surface area contributed by atoms with Gasteiger partial charge in [0, 0.05) is 0 Å². The number of rotatable bonds is 6. The van der Waals surface area contributed by atoms with Crippen LogP contribution >= 0.6 is 0 Å². The highest BCUT2D eigenvalue weighted by Gasteiger charge is 2.61. The zero-order valence-corrected chi connectivity index (χ0v) is 20.6. The van der Waals surface area contributed by atoms with Crippen molar-refractivity contribution in [2.75, 3.05) is 0 Å². The first kappa shape index (κ1) is 24.7. The molecule has 0 radical (unpaired) electrons. The van der Waals surface area contributed by atoms with Crippen molar-refractivity contribution < 1.29 is 15.3 Å². The van der Waals surface area contributed by atoms with E-state index in [0.29, 0.717) is 29.7 Å². The van der Waals surface area contributed by atoms with Crippen LogP contribution in [0.15, 0.2) is 35.5 Å². The van der Waals surface area contributed by atoms with Gasteiger partial charge < -0.3 is 15.3 Å². The van der Waals surface area contributed by atoms with Crippen LogP contribution in [0.25, 0.3) is 0 Å². The summed E-state index contributed by atoms with van der Waals surface area (Å²) in [6, 6.07) is 0. The molecule has 3 heteroatoms. The van der Waals surface area contributed by atoms with E-state index in [-0.39, 0.29) is 16.9 Å². The lowest BCUT2D eigenvalue weighted by molar-refractivity contribution is -0.0545. The molecular formula is C28H46O3. The molecule has 0 aliphatic heterocycles. The molecule has 3 fully saturated rings. The molecule has 0 bridgehead atoms. The minimum absolute atomic E-state index is 0.207. The molecule has 3 aliphatic carbocycles. The predicted octanol–water partition coefficient (Wildman–Crippen LogP) is 6.09. The van der Waals surface area contributed by atoms with Crippen molar-refractivity contribution in [1.29, 1.82) is 0 Å². The van der Waals surface area contributed by atoms with E-state index in [1.54, 1.807) is 5.57 Å². The van der Waals surface area contributed by atoms with Crippen LogP contribution in [0.3, 0.4) is 0 Å². The van der Waals surface area contributed by atoms with Crippen LogP contribution in [0.2, 0.25) is 0 Å². The van der Waals surface area contributed by atoms with Gasteiger partial charge in [-0.25, -0.2) is 0 Å². The summed E-state index contributed by atoms with van der Waals surface area (Å²) in [5, 5.41) is 30.1. The summed E-state index contributed by atoms with van der Waals surface area (Å²) in [5.74, 6) is 0.618. The lowest BCUT2D eigenvalue weighted by atomic mass is 9.49. The van der Waals surface area contributed by atoms with Gasteiger partial charge in [-0.05, 0) is 92.4 Å². The van der Waals surface area contributed by atoms with Gasteiger partial charge in [0.25, 0.3) is 0 Å². The molecule has 3 saturated carbocycles. The van der Waals surface area contributed by atoms with E-state index < -0.39 is 12.2 Å². The molecule has 0 spiro atoms. The molecule has 3 aliphatic rings. The first-order valence-electron chi connectivity index (χ1n) is 12.5. The van der Waals surface area contributed by atoms with Crippen molar-refractivity contribution >= 4 is 0 Å². The highest BCUT2D eigenvalue weighted by atomic mass is 16.3. The molecule has 1 unspecified atom stereocenters.